The molecule has 0 unspecified atom stereocenters. The first-order chi connectivity index (χ1) is 11.2. The average Bonchev–Trinajstić information content (AvgIpc) is 2.61. The first-order valence-electron chi connectivity index (χ1n) is 7.88. The van der Waals surface area contributed by atoms with Gasteiger partial charge in [0, 0.05) is 18.8 Å². The standard InChI is InChI=1S/C19H23NO3/c1-21-16-7-8-17-15(12-16)5-4-10-20(17)13-14-6-9-18(22-2)19(11-14)23-3/h6-9,11-12H,4-5,10,13H2,1-3H3. The van der Waals surface area contributed by atoms with Gasteiger partial charge in [0.15, 0.2) is 11.5 Å². The van der Waals surface area contributed by atoms with Gasteiger partial charge in [-0.05, 0) is 54.3 Å². The Morgan fingerprint density at radius 2 is 1.74 bits per heavy atom. The molecular weight excluding hydrogens is 290 g/mol. The van der Waals surface area contributed by atoms with Gasteiger partial charge in [-0.3, -0.25) is 0 Å². The van der Waals surface area contributed by atoms with Crippen molar-refractivity contribution in [2.45, 2.75) is 19.4 Å². The number of hydrogen-bond donors (Lipinski definition) is 0. The third-order valence-corrected chi connectivity index (χ3v) is 4.32. The summed E-state index contributed by atoms with van der Waals surface area (Å²) in [5.74, 6) is 2.47. The second kappa shape index (κ2) is 6.82. The van der Waals surface area contributed by atoms with Crippen LogP contribution in [-0.4, -0.2) is 27.9 Å². The van der Waals surface area contributed by atoms with Crippen LogP contribution in [-0.2, 0) is 13.0 Å². The quantitative estimate of drug-likeness (QED) is 0.843. The minimum absolute atomic E-state index is 0.764. The summed E-state index contributed by atoms with van der Waals surface area (Å²) in [4.78, 5) is 2.42. The Bertz CT molecular complexity index is 684. The predicted octanol–water partition coefficient (Wildman–Crippen LogP) is 3.67. The van der Waals surface area contributed by atoms with Crippen LogP contribution in [0.4, 0.5) is 5.69 Å². The van der Waals surface area contributed by atoms with Gasteiger partial charge in [-0.2, -0.15) is 0 Å². The van der Waals surface area contributed by atoms with Crippen molar-refractivity contribution < 1.29 is 14.2 Å². The topological polar surface area (TPSA) is 30.9 Å². The molecule has 0 radical (unpaired) electrons. The van der Waals surface area contributed by atoms with Gasteiger partial charge in [0.2, 0.25) is 0 Å². The number of rotatable bonds is 5. The maximum Gasteiger partial charge on any atom is 0.161 e. The first kappa shape index (κ1) is 15.5. The number of aryl methyl sites for hydroxylation is 1. The van der Waals surface area contributed by atoms with Crippen molar-refractivity contribution in [3.8, 4) is 17.2 Å². The van der Waals surface area contributed by atoms with E-state index in [-0.39, 0.29) is 0 Å². The van der Waals surface area contributed by atoms with E-state index in [1.54, 1.807) is 21.3 Å². The zero-order valence-corrected chi connectivity index (χ0v) is 14.0. The molecule has 23 heavy (non-hydrogen) atoms. The highest BCUT2D eigenvalue weighted by Gasteiger charge is 2.18. The van der Waals surface area contributed by atoms with E-state index in [0.717, 1.165) is 43.2 Å². The highest BCUT2D eigenvalue weighted by Crippen LogP contribution is 2.33. The van der Waals surface area contributed by atoms with E-state index in [0.29, 0.717) is 0 Å². The van der Waals surface area contributed by atoms with Crippen molar-refractivity contribution in [3.05, 3.63) is 47.5 Å². The number of anilines is 1. The molecular formula is C19H23NO3. The van der Waals surface area contributed by atoms with Crippen molar-refractivity contribution in [3.63, 3.8) is 0 Å². The van der Waals surface area contributed by atoms with Gasteiger partial charge < -0.3 is 19.1 Å². The molecule has 1 heterocycles. The maximum atomic E-state index is 5.41. The monoisotopic (exact) mass is 313 g/mol. The second-order valence-corrected chi connectivity index (χ2v) is 5.71. The summed E-state index contributed by atoms with van der Waals surface area (Å²) >= 11 is 0. The highest BCUT2D eigenvalue weighted by molar-refractivity contribution is 5.58. The molecule has 2 aromatic carbocycles. The Kier molecular flexibility index (Phi) is 4.60. The molecule has 4 nitrogen and oxygen atoms in total. The maximum absolute atomic E-state index is 5.41. The van der Waals surface area contributed by atoms with Crippen LogP contribution in [0.3, 0.4) is 0 Å². The summed E-state index contributed by atoms with van der Waals surface area (Å²) in [5.41, 5.74) is 3.87. The lowest BCUT2D eigenvalue weighted by Gasteiger charge is -2.31. The molecule has 3 rings (SSSR count). The Morgan fingerprint density at radius 1 is 0.913 bits per heavy atom. The normalized spacial score (nSPS) is 13.4. The van der Waals surface area contributed by atoms with Crippen molar-refractivity contribution in [1.29, 1.82) is 0 Å². The van der Waals surface area contributed by atoms with Crippen LogP contribution in [0.5, 0.6) is 17.2 Å². The smallest absolute Gasteiger partial charge is 0.161 e. The molecule has 1 aliphatic heterocycles. The fourth-order valence-corrected chi connectivity index (χ4v) is 3.14. The Morgan fingerprint density at radius 3 is 2.48 bits per heavy atom. The van der Waals surface area contributed by atoms with Crippen LogP contribution in [0, 0.1) is 0 Å². The van der Waals surface area contributed by atoms with Gasteiger partial charge in [0.05, 0.1) is 21.3 Å². The lowest BCUT2D eigenvalue weighted by molar-refractivity contribution is 0.354. The lowest BCUT2D eigenvalue weighted by atomic mass is 10.0. The van der Waals surface area contributed by atoms with Crippen LogP contribution in [0.15, 0.2) is 36.4 Å². The summed E-state index contributed by atoms with van der Waals surface area (Å²) in [6, 6.07) is 12.5. The average molecular weight is 313 g/mol. The first-order valence-corrected chi connectivity index (χ1v) is 7.88. The van der Waals surface area contributed by atoms with E-state index in [1.807, 2.05) is 12.1 Å². The second-order valence-electron chi connectivity index (χ2n) is 5.71. The van der Waals surface area contributed by atoms with E-state index in [4.69, 9.17) is 14.2 Å². The summed E-state index contributed by atoms with van der Waals surface area (Å²) < 4.78 is 16.1. The van der Waals surface area contributed by atoms with Crippen molar-refractivity contribution in [1.82, 2.24) is 0 Å². The third-order valence-electron chi connectivity index (χ3n) is 4.32. The fourth-order valence-electron chi connectivity index (χ4n) is 3.14. The molecule has 2 aromatic rings. The Labute approximate surface area is 137 Å². The summed E-state index contributed by atoms with van der Waals surface area (Å²) in [6.45, 7) is 1.92. The fraction of sp³-hybridized carbons (Fsp3) is 0.368. The number of nitrogens with zero attached hydrogens (tertiary/aromatic N) is 1. The van der Waals surface area contributed by atoms with E-state index >= 15 is 0 Å². The minimum Gasteiger partial charge on any atom is -0.497 e. The van der Waals surface area contributed by atoms with E-state index in [2.05, 4.69) is 29.2 Å². The van der Waals surface area contributed by atoms with Gasteiger partial charge >= 0.3 is 0 Å². The van der Waals surface area contributed by atoms with Crippen molar-refractivity contribution >= 4 is 5.69 Å². The van der Waals surface area contributed by atoms with Crippen LogP contribution in [0.1, 0.15) is 17.5 Å². The molecule has 0 spiro atoms. The summed E-state index contributed by atoms with van der Waals surface area (Å²) in [5, 5.41) is 0. The van der Waals surface area contributed by atoms with Crippen LogP contribution in [0.2, 0.25) is 0 Å². The van der Waals surface area contributed by atoms with E-state index in [1.165, 1.54) is 16.8 Å². The molecule has 0 amide bonds. The molecule has 4 heteroatoms. The number of benzene rings is 2. The van der Waals surface area contributed by atoms with Crippen molar-refractivity contribution in [2.24, 2.45) is 0 Å². The molecule has 0 saturated heterocycles. The molecule has 0 N–H and O–H groups in total. The number of fused-ring (bicyclic) bond motifs is 1. The van der Waals surface area contributed by atoms with Gasteiger partial charge in [-0.1, -0.05) is 6.07 Å². The molecule has 0 bridgehead atoms. The SMILES string of the molecule is COc1ccc2c(c1)CCCN2Cc1ccc(OC)c(OC)c1. The van der Waals surface area contributed by atoms with Crippen LogP contribution in [0.25, 0.3) is 0 Å². The molecule has 0 aromatic heterocycles. The van der Waals surface area contributed by atoms with E-state index in [9.17, 15) is 0 Å². The zero-order chi connectivity index (χ0) is 16.2. The molecule has 0 atom stereocenters. The Balaban J connectivity index is 1.84. The number of hydrogen-bond acceptors (Lipinski definition) is 4. The zero-order valence-electron chi connectivity index (χ0n) is 14.0. The minimum atomic E-state index is 0.764. The Hall–Kier alpha value is -2.36. The van der Waals surface area contributed by atoms with E-state index < -0.39 is 0 Å². The molecule has 0 fully saturated rings. The molecule has 0 saturated carbocycles. The van der Waals surface area contributed by atoms with Gasteiger partial charge in [0.25, 0.3) is 0 Å². The summed E-state index contributed by atoms with van der Waals surface area (Å²) in [7, 11) is 5.04. The van der Waals surface area contributed by atoms with Gasteiger partial charge in [0.1, 0.15) is 5.75 Å². The van der Waals surface area contributed by atoms with Crippen molar-refractivity contribution in [2.75, 3.05) is 32.8 Å². The van der Waals surface area contributed by atoms with Gasteiger partial charge in [-0.25, -0.2) is 0 Å². The number of methoxy groups -OCH3 is 3. The third kappa shape index (κ3) is 3.21. The lowest BCUT2D eigenvalue weighted by Crippen LogP contribution is -2.28. The highest BCUT2D eigenvalue weighted by atomic mass is 16.5. The predicted molar refractivity (Wildman–Crippen MR) is 91.9 cm³/mol. The number of ether oxygens (including phenoxy) is 3. The van der Waals surface area contributed by atoms with Gasteiger partial charge in [-0.15, -0.1) is 0 Å². The van der Waals surface area contributed by atoms with Crippen LogP contribution < -0.4 is 19.1 Å². The summed E-state index contributed by atoms with van der Waals surface area (Å²) in [6.07, 6.45) is 2.27. The molecule has 0 aliphatic carbocycles. The molecule has 1 aliphatic rings. The largest absolute Gasteiger partial charge is 0.497 e. The van der Waals surface area contributed by atoms with Crippen LogP contribution >= 0.6 is 0 Å². The molecule has 122 valence electrons.